The molecular formula is C18H27ClN2O4. The van der Waals surface area contributed by atoms with Gasteiger partial charge in [-0.1, -0.05) is 6.42 Å². The number of amides is 1. The van der Waals surface area contributed by atoms with Crippen molar-refractivity contribution in [2.24, 2.45) is 0 Å². The zero-order valence-corrected chi connectivity index (χ0v) is 15.1. The van der Waals surface area contributed by atoms with Crippen LogP contribution in [-0.4, -0.2) is 49.0 Å². The van der Waals surface area contributed by atoms with E-state index in [0.717, 1.165) is 50.2 Å². The number of aliphatic hydroxyl groups excluding tert-OH is 1. The molecule has 7 heteroatoms. The SMILES string of the molecule is Cl.O=C(CCOC1CNC1)Nc1ccc(OC2CCCCC2O)cc1. The first-order valence-corrected chi connectivity index (χ1v) is 8.77. The number of ether oxygens (including phenoxy) is 2. The number of hydrogen-bond donors (Lipinski definition) is 3. The van der Waals surface area contributed by atoms with E-state index in [1.54, 1.807) is 0 Å². The Balaban J connectivity index is 0.00000225. The zero-order chi connectivity index (χ0) is 16.8. The average molecular weight is 371 g/mol. The van der Waals surface area contributed by atoms with E-state index in [9.17, 15) is 9.90 Å². The topological polar surface area (TPSA) is 79.8 Å². The van der Waals surface area contributed by atoms with Gasteiger partial charge in [0.1, 0.15) is 11.9 Å². The van der Waals surface area contributed by atoms with Gasteiger partial charge >= 0.3 is 0 Å². The highest BCUT2D eigenvalue weighted by Crippen LogP contribution is 2.24. The van der Waals surface area contributed by atoms with E-state index < -0.39 is 0 Å². The first-order valence-electron chi connectivity index (χ1n) is 8.77. The number of nitrogens with one attached hydrogen (secondary N) is 2. The molecule has 1 saturated heterocycles. The van der Waals surface area contributed by atoms with Gasteiger partial charge in [-0.25, -0.2) is 0 Å². The molecule has 1 heterocycles. The maximum Gasteiger partial charge on any atom is 0.226 e. The lowest BCUT2D eigenvalue weighted by atomic mass is 9.95. The Morgan fingerprint density at radius 3 is 2.56 bits per heavy atom. The van der Waals surface area contributed by atoms with Gasteiger partial charge in [0.15, 0.2) is 0 Å². The summed E-state index contributed by atoms with van der Waals surface area (Å²) in [6.07, 6.45) is 3.93. The number of rotatable bonds is 7. The summed E-state index contributed by atoms with van der Waals surface area (Å²) in [6, 6.07) is 7.29. The summed E-state index contributed by atoms with van der Waals surface area (Å²) >= 11 is 0. The normalized spacial score (nSPS) is 23.2. The van der Waals surface area contributed by atoms with Crippen molar-refractivity contribution in [1.82, 2.24) is 5.32 Å². The second kappa shape index (κ2) is 9.97. The number of carbonyl (C=O) groups is 1. The van der Waals surface area contributed by atoms with Gasteiger partial charge < -0.3 is 25.2 Å². The minimum atomic E-state index is -0.385. The number of aliphatic hydroxyl groups is 1. The predicted octanol–water partition coefficient (Wildman–Crippen LogP) is 2.11. The molecule has 1 aliphatic carbocycles. The fraction of sp³-hybridized carbons (Fsp3) is 0.611. The monoisotopic (exact) mass is 370 g/mol. The van der Waals surface area contributed by atoms with Gasteiger partial charge in [-0.15, -0.1) is 12.4 Å². The fourth-order valence-corrected chi connectivity index (χ4v) is 2.93. The van der Waals surface area contributed by atoms with Crippen molar-refractivity contribution in [2.45, 2.75) is 50.4 Å². The molecule has 0 radical (unpaired) electrons. The van der Waals surface area contributed by atoms with Crippen LogP contribution in [0.15, 0.2) is 24.3 Å². The highest BCUT2D eigenvalue weighted by molar-refractivity contribution is 5.90. The van der Waals surface area contributed by atoms with Crippen molar-refractivity contribution in [3.8, 4) is 5.75 Å². The fourth-order valence-electron chi connectivity index (χ4n) is 2.93. The summed E-state index contributed by atoms with van der Waals surface area (Å²) in [5, 5.41) is 15.9. The number of hydrogen-bond acceptors (Lipinski definition) is 5. The standard InChI is InChI=1S/C18H26N2O4.ClH/c21-16-3-1-2-4-17(16)24-14-7-5-13(6-8-14)20-18(22)9-10-23-15-11-19-12-15;/h5-8,15-17,19,21H,1-4,9-12H2,(H,20,22);1H. The molecule has 1 aliphatic heterocycles. The van der Waals surface area contributed by atoms with Crippen LogP contribution in [0.25, 0.3) is 0 Å². The van der Waals surface area contributed by atoms with E-state index in [-0.39, 0.29) is 36.6 Å². The Bertz CT molecular complexity index is 536. The summed E-state index contributed by atoms with van der Waals surface area (Å²) in [6.45, 7) is 2.19. The number of anilines is 1. The lowest BCUT2D eigenvalue weighted by Crippen LogP contribution is -2.48. The third kappa shape index (κ3) is 6.15. The van der Waals surface area contributed by atoms with Crippen LogP contribution in [0.2, 0.25) is 0 Å². The molecule has 2 atom stereocenters. The van der Waals surface area contributed by atoms with E-state index >= 15 is 0 Å². The molecule has 6 nitrogen and oxygen atoms in total. The molecule has 3 N–H and O–H groups in total. The molecule has 2 unspecified atom stereocenters. The molecule has 1 saturated carbocycles. The smallest absolute Gasteiger partial charge is 0.226 e. The van der Waals surface area contributed by atoms with Gasteiger partial charge in [-0.05, 0) is 43.5 Å². The van der Waals surface area contributed by atoms with Gasteiger partial charge in [0.05, 0.1) is 25.2 Å². The highest BCUT2D eigenvalue weighted by Gasteiger charge is 2.24. The first-order chi connectivity index (χ1) is 11.7. The van der Waals surface area contributed by atoms with Crippen molar-refractivity contribution in [2.75, 3.05) is 25.0 Å². The predicted molar refractivity (Wildman–Crippen MR) is 98.4 cm³/mol. The zero-order valence-electron chi connectivity index (χ0n) is 14.3. The highest BCUT2D eigenvalue weighted by atomic mass is 35.5. The van der Waals surface area contributed by atoms with Crippen LogP contribution in [0, 0.1) is 0 Å². The molecule has 140 valence electrons. The molecule has 1 aromatic carbocycles. The van der Waals surface area contributed by atoms with Gasteiger partial charge in [0, 0.05) is 18.8 Å². The van der Waals surface area contributed by atoms with Crippen molar-refractivity contribution in [3.63, 3.8) is 0 Å². The molecule has 1 aromatic rings. The lowest BCUT2D eigenvalue weighted by molar-refractivity contribution is -0.118. The first kappa shape index (κ1) is 20.0. The Labute approximate surface area is 154 Å². The Morgan fingerprint density at radius 2 is 1.92 bits per heavy atom. The molecular weight excluding hydrogens is 344 g/mol. The van der Waals surface area contributed by atoms with E-state index in [1.165, 1.54) is 0 Å². The van der Waals surface area contributed by atoms with E-state index in [1.807, 2.05) is 24.3 Å². The molecule has 2 aliphatic rings. The van der Waals surface area contributed by atoms with Crippen molar-refractivity contribution < 1.29 is 19.4 Å². The van der Waals surface area contributed by atoms with Gasteiger partial charge in [0.2, 0.25) is 5.91 Å². The minimum absolute atomic E-state index is 0. The molecule has 0 aromatic heterocycles. The summed E-state index contributed by atoms with van der Waals surface area (Å²) in [4.78, 5) is 11.9. The summed E-state index contributed by atoms with van der Waals surface area (Å²) in [5.41, 5.74) is 0.738. The van der Waals surface area contributed by atoms with Crippen LogP contribution in [0.4, 0.5) is 5.69 Å². The summed E-state index contributed by atoms with van der Waals surface area (Å²) < 4.78 is 11.4. The maximum absolute atomic E-state index is 11.9. The number of benzene rings is 1. The molecule has 25 heavy (non-hydrogen) atoms. The Hall–Kier alpha value is -1.34. The quantitative estimate of drug-likeness (QED) is 0.685. The van der Waals surface area contributed by atoms with Crippen molar-refractivity contribution in [3.05, 3.63) is 24.3 Å². The molecule has 2 fully saturated rings. The van der Waals surface area contributed by atoms with Crippen LogP contribution in [-0.2, 0) is 9.53 Å². The van der Waals surface area contributed by atoms with Gasteiger partial charge in [-0.2, -0.15) is 0 Å². The lowest BCUT2D eigenvalue weighted by Gasteiger charge is -2.28. The van der Waals surface area contributed by atoms with Crippen LogP contribution in [0.3, 0.4) is 0 Å². The van der Waals surface area contributed by atoms with E-state index in [0.29, 0.717) is 13.0 Å². The van der Waals surface area contributed by atoms with E-state index in [2.05, 4.69) is 10.6 Å². The van der Waals surface area contributed by atoms with Crippen molar-refractivity contribution in [1.29, 1.82) is 0 Å². The van der Waals surface area contributed by atoms with Crippen LogP contribution in [0.5, 0.6) is 5.75 Å². The van der Waals surface area contributed by atoms with Crippen LogP contribution >= 0.6 is 12.4 Å². The second-order valence-electron chi connectivity index (χ2n) is 6.48. The summed E-state index contributed by atoms with van der Waals surface area (Å²) in [7, 11) is 0. The third-order valence-electron chi connectivity index (χ3n) is 4.52. The van der Waals surface area contributed by atoms with Gasteiger partial charge in [0.25, 0.3) is 0 Å². The minimum Gasteiger partial charge on any atom is -0.488 e. The number of carbonyl (C=O) groups excluding carboxylic acids is 1. The molecule has 0 bridgehead atoms. The Morgan fingerprint density at radius 1 is 1.20 bits per heavy atom. The summed E-state index contributed by atoms with van der Waals surface area (Å²) in [5.74, 6) is 0.665. The van der Waals surface area contributed by atoms with E-state index in [4.69, 9.17) is 9.47 Å². The largest absolute Gasteiger partial charge is 0.488 e. The molecule has 1 amide bonds. The van der Waals surface area contributed by atoms with Crippen molar-refractivity contribution >= 4 is 24.0 Å². The van der Waals surface area contributed by atoms with Crippen LogP contribution < -0.4 is 15.4 Å². The second-order valence-corrected chi connectivity index (χ2v) is 6.48. The Kier molecular flexibility index (Phi) is 7.96. The maximum atomic E-state index is 11.9. The number of halogens is 1. The van der Waals surface area contributed by atoms with Crippen LogP contribution in [0.1, 0.15) is 32.1 Å². The third-order valence-corrected chi connectivity index (χ3v) is 4.52. The van der Waals surface area contributed by atoms with Gasteiger partial charge in [-0.3, -0.25) is 4.79 Å². The molecule has 3 rings (SSSR count). The molecule has 0 spiro atoms. The average Bonchev–Trinajstić information content (AvgIpc) is 2.54.